The highest BCUT2D eigenvalue weighted by atomic mass is 35.5. The molecule has 0 radical (unpaired) electrons. The first kappa shape index (κ1) is 12.5. The zero-order valence-corrected chi connectivity index (χ0v) is 10.3. The second-order valence-corrected chi connectivity index (χ2v) is 4.97. The van der Waals surface area contributed by atoms with Gasteiger partial charge in [-0.2, -0.15) is 0 Å². The van der Waals surface area contributed by atoms with E-state index < -0.39 is 0 Å². The SMILES string of the molecule is CCCCC(C)(Cl)NCc1ccccc1. The summed E-state index contributed by atoms with van der Waals surface area (Å²) in [6, 6.07) is 10.4. The van der Waals surface area contributed by atoms with Gasteiger partial charge < -0.3 is 0 Å². The summed E-state index contributed by atoms with van der Waals surface area (Å²) in [4.78, 5) is -0.272. The molecule has 1 nitrogen and oxygen atoms in total. The molecular formula is C13H20ClN. The molecule has 1 atom stereocenters. The van der Waals surface area contributed by atoms with Crippen molar-refractivity contribution >= 4 is 11.6 Å². The molecule has 0 spiro atoms. The number of hydrogen-bond donors (Lipinski definition) is 1. The molecule has 1 unspecified atom stereocenters. The Morgan fingerprint density at radius 1 is 1.27 bits per heavy atom. The number of hydrogen-bond acceptors (Lipinski definition) is 1. The summed E-state index contributed by atoms with van der Waals surface area (Å²) in [5.74, 6) is 0. The van der Waals surface area contributed by atoms with Crippen LogP contribution in [0.25, 0.3) is 0 Å². The van der Waals surface area contributed by atoms with E-state index in [0.717, 1.165) is 13.0 Å². The normalized spacial score (nSPS) is 14.9. The monoisotopic (exact) mass is 225 g/mol. The van der Waals surface area contributed by atoms with Crippen molar-refractivity contribution < 1.29 is 0 Å². The summed E-state index contributed by atoms with van der Waals surface area (Å²) in [6.07, 6.45) is 3.37. The van der Waals surface area contributed by atoms with Crippen LogP contribution >= 0.6 is 11.6 Å². The average Bonchev–Trinajstić information content (AvgIpc) is 2.25. The molecule has 0 amide bonds. The maximum absolute atomic E-state index is 6.35. The fraction of sp³-hybridized carbons (Fsp3) is 0.538. The zero-order valence-electron chi connectivity index (χ0n) is 9.59. The van der Waals surface area contributed by atoms with Gasteiger partial charge in [0.15, 0.2) is 0 Å². The Balaban J connectivity index is 2.35. The minimum Gasteiger partial charge on any atom is -0.295 e. The van der Waals surface area contributed by atoms with Crippen LogP contribution in [0.4, 0.5) is 0 Å². The van der Waals surface area contributed by atoms with Crippen molar-refractivity contribution in [2.45, 2.75) is 44.7 Å². The van der Waals surface area contributed by atoms with Gasteiger partial charge >= 0.3 is 0 Å². The lowest BCUT2D eigenvalue weighted by molar-refractivity contribution is 0.442. The predicted molar refractivity (Wildman–Crippen MR) is 67.1 cm³/mol. The summed E-state index contributed by atoms with van der Waals surface area (Å²) in [7, 11) is 0. The molecule has 1 rings (SSSR count). The van der Waals surface area contributed by atoms with Gasteiger partial charge in [-0.15, -0.1) is 11.6 Å². The van der Waals surface area contributed by atoms with Gasteiger partial charge in [-0.3, -0.25) is 5.32 Å². The zero-order chi connectivity index (χ0) is 11.1. The first-order valence-corrected chi connectivity index (χ1v) is 6.00. The summed E-state index contributed by atoms with van der Waals surface area (Å²) >= 11 is 6.35. The Bertz CT molecular complexity index is 269. The Kier molecular flexibility index (Phi) is 5.13. The van der Waals surface area contributed by atoms with Crippen LogP contribution in [-0.2, 0) is 6.54 Å². The Labute approximate surface area is 97.8 Å². The van der Waals surface area contributed by atoms with Crippen molar-refractivity contribution in [1.82, 2.24) is 5.32 Å². The molecule has 0 saturated carbocycles. The Morgan fingerprint density at radius 2 is 1.93 bits per heavy atom. The molecule has 1 aromatic rings. The quantitative estimate of drug-likeness (QED) is 0.572. The molecule has 0 aromatic heterocycles. The summed E-state index contributed by atoms with van der Waals surface area (Å²) < 4.78 is 0. The van der Waals surface area contributed by atoms with Crippen molar-refractivity contribution in [3.8, 4) is 0 Å². The van der Waals surface area contributed by atoms with Crippen LogP contribution in [-0.4, -0.2) is 5.00 Å². The number of benzene rings is 1. The van der Waals surface area contributed by atoms with E-state index in [-0.39, 0.29) is 5.00 Å². The second-order valence-electron chi connectivity index (χ2n) is 4.14. The number of nitrogens with one attached hydrogen (secondary N) is 1. The van der Waals surface area contributed by atoms with E-state index in [1.165, 1.54) is 18.4 Å². The molecule has 0 bridgehead atoms. The van der Waals surface area contributed by atoms with Gasteiger partial charge in [0, 0.05) is 6.54 Å². The van der Waals surface area contributed by atoms with Gasteiger partial charge in [0.25, 0.3) is 0 Å². The maximum Gasteiger partial charge on any atom is 0.0909 e. The fourth-order valence-corrected chi connectivity index (χ4v) is 1.68. The van der Waals surface area contributed by atoms with E-state index in [2.05, 4.69) is 36.5 Å². The maximum atomic E-state index is 6.35. The van der Waals surface area contributed by atoms with Gasteiger partial charge in [-0.05, 0) is 18.9 Å². The first-order valence-electron chi connectivity index (χ1n) is 5.62. The molecule has 1 aromatic carbocycles. The van der Waals surface area contributed by atoms with Crippen molar-refractivity contribution in [1.29, 1.82) is 0 Å². The van der Waals surface area contributed by atoms with Gasteiger partial charge in [-0.25, -0.2) is 0 Å². The molecule has 1 N–H and O–H groups in total. The van der Waals surface area contributed by atoms with Crippen LogP contribution < -0.4 is 5.32 Å². The van der Waals surface area contributed by atoms with Crippen LogP contribution in [0.3, 0.4) is 0 Å². The van der Waals surface area contributed by atoms with Gasteiger partial charge in [0.2, 0.25) is 0 Å². The summed E-state index contributed by atoms with van der Waals surface area (Å²) in [6.45, 7) is 5.07. The van der Waals surface area contributed by atoms with E-state index >= 15 is 0 Å². The molecule has 0 aliphatic carbocycles. The van der Waals surface area contributed by atoms with Gasteiger partial charge in [0.05, 0.1) is 5.00 Å². The molecular weight excluding hydrogens is 206 g/mol. The van der Waals surface area contributed by atoms with Crippen molar-refractivity contribution in [2.75, 3.05) is 0 Å². The predicted octanol–water partition coefficient (Wildman–Crippen LogP) is 3.92. The molecule has 0 aliphatic rings. The third-order valence-corrected chi connectivity index (χ3v) is 2.83. The minimum atomic E-state index is -0.272. The van der Waals surface area contributed by atoms with Gasteiger partial charge in [-0.1, -0.05) is 50.1 Å². The molecule has 0 fully saturated rings. The smallest absolute Gasteiger partial charge is 0.0909 e. The van der Waals surface area contributed by atoms with Crippen LogP contribution in [0.5, 0.6) is 0 Å². The average molecular weight is 226 g/mol. The summed E-state index contributed by atoms with van der Waals surface area (Å²) in [5.41, 5.74) is 1.28. The van der Waals surface area contributed by atoms with Crippen molar-refractivity contribution in [2.24, 2.45) is 0 Å². The van der Waals surface area contributed by atoms with E-state index in [4.69, 9.17) is 11.6 Å². The van der Waals surface area contributed by atoms with Crippen LogP contribution in [0, 0.1) is 0 Å². The van der Waals surface area contributed by atoms with Crippen LogP contribution in [0.2, 0.25) is 0 Å². The Morgan fingerprint density at radius 3 is 2.53 bits per heavy atom. The molecule has 0 heterocycles. The van der Waals surface area contributed by atoms with E-state index in [9.17, 15) is 0 Å². The first-order chi connectivity index (χ1) is 7.14. The third kappa shape index (κ3) is 5.19. The number of alkyl halides is 1. The standard InChI is InChI=1S/C13H20ClN/c1-3-4-10-13(2,14)15-11-12-8-6-5-7-9-12/h5-9,15H,3-4,10-11H2,1-2H3. The molecule has 84 valence electrons. The van der Waals surface area contributed by atoms with Crippen molar-refractivity contribution in [3.05, 3.63) is 35.9 Å². The van der Waals surface area contributed by atoms with Crippen LogP contribution in [0.1, 0.15) is 38.7 Å². The fourth-order valence-electron chi connectivity index (χ4n) is 1.48. The second kappa shape index (κ2) is 6.14. The topological polar surface area (TPSA) is 12.0 Å². The molecule has 0 saturated heterocycles. The largest absolute Gasteiger partial charge is 0.295 e. The summed E-state index contributed by atoms with van der Waals surface area (Å²) in [5, 5.41) is 3.38. The molecule has 15 heavy (non-hydrogen) atoms. The lowest BCUT2D eigenvalue weighted by atomic mass is 10.1. The Hall–Kier alpha value is -0.530. The lowest BCUT2D eigenvalue weighted by Crippen LogP contribution is -2.35. The van der Waals surface area contributed by atoms with E-state index in [1.807, 2.05) is 13.0 Å². The number of halogens is 1. The molecule has 0 aliphatic heterocycles. The third-order valence-electron chi connectivity index (χ3n) is 2.50. The number of rotatable bonds is 6. The van der Waals surface area contributed by atoms with Crippen LogP contribution in [0.15, 0.2) is 30.3 Å². The van der Waals surface area contributed by atoms with E-state index in [1.54, 1.807) is 0 Å². The lowest BCUT2D eigenvalue weighted by Gasteiger charge is -2.23. The highest BCUT2D eigenvalue weighted by Gasteiger charge is 2.18. The minimum absolute atomic E-state index is 0.272. The van der Waals surface area contributed by atoms with E-state index in [0.29, 0.717) is 0 Å². The highest BCUT2D eigenvalue weighted by molar-refractivity contribution is 6.23. The van der Waals surface area contributed by atoms with Crippen molar-refractivity contribution in [3.63, 3.8) is 0 Å². The molecule has 2 heteroatoms. The number of unbranched alkanes of at least 4 members (excludes halogenated alkanes) is 1. The van der Waals surface area contributed by atoms with Gasteiger partial charge in [0.1, 0.15) is 0 Å². The highest BCUT2D eigenvalue weighted by Crippen LogP contribution is 2.19.